The maximum Gasteiger partial charge on any atom is 0.145 e. The number of aldehydes is 1. The first-order valence-corrected chi connectivity index (χ1v) is 0.960. The van der Waals surface area contributed by atoms with Crippen molar-refractivity contribution in [2.45, 2.75) is 0 Å². The summed E-state index contributed by atoms with van der Waals surface area (Å²) >= 11 is 0. The van der Waals surface area contributed by atoms with Crippen molar-refractivity contribution < 1.29 is 26.4 Å². The predicted molar refractivity (Wildman–Crippen MR) is 13.1 cm³/mol. The van der Waals surface area contributed by atoms with Gasteiger partial charge in [0, 0.05) is 16.5 Å². The van der Waals surface area contributed by atoms with Crippen molar-refractivity contribution in [1.82, 2.24) is 0 Å². The van der Waals surface area contributed by atoms with E-state index in [-0.39, 0.29) is 23.1 Å². The summed E-state index contributed by atoms with van der Waals surface area (Å²) in [7, 11) is 0. The van der Waals surface area contributed by atoms with E-state index in [9.17, 15) is 0 Å². The van der Waals surface area contributed by atoms with E-state index in [4.69, 9.17) is 9.90 Å². The summed E-state index contributed by atoms with van der Waals surface area (Å²) in [6.07, 6.45) is 0.431. The molecule has 0 aromatic heterocycles. The molecule has 0 aliphatic heterocycles. The minimum atomic E-state index is -0.361. The van der Waals surface area contributed by atoms with Gasteiger partial charge in [-0.15, -0.1) is 0 Å². The van der Waals surface area contributed by atoms with Crippen LogP contribution in [0, 0.1) is 0 Å². The minimum Gasteiger partial charge on any atom is -0.389 e. The first-order valence-electron chi connectivity index (χ1n) is 0.960. The van der Waals surface area contributed by atoms with Crippen LogP contribution < -0.4 is 0 Å². The van der Waals surface area contributed by atoms with Crippen LogP contribution in [0.15, 0.2) is 0 Å². The van der Waals surface area contributed by atoms with Gasteiger partial charge in [0.2, 0.25) is 0 Å². The second kappa shape index (κ2) is 8.92. The molecule has 0 saturated carbocycles. The maximum atomic E-state index is 8.92. The molecule has 0 atom stereocenters. The van der Waals surface area contributed by atoms with Crippen LogP contribution in [0.5, 0.6) is 0 Å². The SMILES string of the molecule is O=CCO.[Ni]. The predicted octanol–water partition coefficient (Wildman–Crippen LogP) is -0.825. The number of aliphatic hydroxyl groups is 1. The van der Waals surface area contributed by atoms with E-state index in [1.807, 2.05) is 0 Å². The molecule has 0 aromatic carbocycles. The Morgan fingerprint density at radius 3 is 2.00 bits per heavy atom. The van der Waals surface area contributed by atoms with Crippen LogP contribution in [-0.2, 0) is 21.3 Å². The fourth-order valence-electron chi connectivity index (χ4n) is 0. The van der Waals surface area contributed by atoms with Crippen LogP contribution in [0.3, 0.4) is 0 Å². The van der Waals surface area contributed by atoms with Crippen LogP contribution in [0.1, 0.15) is 0 Å². The van der Waals surface area contributed by atoms with Crippen molar-refractivity contribution >= 4 is 6.29 Å². The Kier molecular flexibility index (Phi) is 15.9. The smallest absolute Gasteiger partial charge is 0.145 e. The molecule has 0 aliphatic carbocycles. The zero-order valence-corrected chi connectivity index (χ0v) is 3.44. The number of carbonyl (C=O) groups excluding carboxylic acids is 1. The van der Waals surface area contributed by atoms with Gasteiger partial charge in [-0.3, -0.25) is 0 Å². The molecule has 1 N–H and O–H groups in total. The van der Waals surface area contributed by atoms with Gasteiger partial charge < -0.3 is 9.90 Å². The van der Waals surface area contributed by atoms with E-state index in [1.165, 1.54) is 0 Å². The van der Waals surface area contributed by atoms with Crippen LogP contribution in [0.25, 0.3) is 0 Å². The number of rotatable bonds is 1. The monoisotopic (exact) mass is 118 g/mol. The summed E-state index contributed by atoms with van der Waals surface area (Å²) in [4.78, 5) is 8.92. The normalized spacial score (nSPS) is 5.00. The third kappa shape index (κ3) is 14.7. The van der Waals surface area contributed by atoms with Gasteiger partial charge in [-0.2, -0.15) is 0 Å². The summed E-state index contributed by atoms with van der Waals surface area (Å²) < 4.78 is 0. The number of hydrogen-bond acceptors (Lipinski definition) is 2. The van der Waals surface area contributed by atoms with Crippen molar-refractivity contribution in [3.63, 3.8) is 0 Å². The molecule has 0 fully saturated rings. The molecule has 2 nitrogen and oxygen atoms in total. The number of hydrogen-bond donors (Lipinski definition) is 1. The molecule has 0 rings (SSSR count). The largest absolute Gasteiger partial charge is 0.389 e. The van der Waals surface area contributed by atoms with Gasteiger partial charge >= 0.3 is 0 Å². The molecule has 5 heavy (non-hydrogen) atoms. The van der Waals surface area contributed by atoms with Gasteiger partial charge in [-0.05, 0) is 0 Å². The van der Waals surface area contributed by atoms with Gasteiger partial charge in [0.05, 0.1) is 6.61 Å². The number of carbonyl (C=O) groups is 1. The standard InChI is InChI=1S/C2H4O2.Ni/c3-1-2-4;/h1,4H,2H2;. The fraction of sp³-hybridized carbons (Fsp3) is 0.500. The topological polar surface area (TPSA) is 37.3 Å². The first-order chi connectivity index (χ1) is 1.91. The molecule has 0 unspecified atom stereocenters. The quantitative estimate of drug-likeness (QED) is 0.361. The van der Waals surface area contributed by atoms with E-state index in [0.29, 0.717) is 6.29 Å². The van der Waals surface area contributed by atoms with Crippen LogP contribution in [-0.4, -0.2) is 18.0 Å². The molecule has 0 saturated heterocycles. The molecular formula is C2H4NiO2. The Morgan fingerprint density at radius 2 is 2.00 bits per heavy atom. The van der Waals surface area contributed by atoms with Crippen LogP contribution in [0.2, 0.25) is 0 Å². The van der Waals surface area contributed by atoms with Crippen molar-refractivity contribution in [2.75, 3.05) is 6.61 Å². The number of aliphatic hydroxyl groups excluding tert-OH is 1. The Hall–Kier alpha value is 0.124. The molecule has 0 spiro atoms. The van der Waals surface area contributed by atoms with E-state index in [2.05, 4.69) is 0 Å². The molecule has 0 heterocycles. The van der Waals surface area contributed by atoms with E-state index in [0.717, 1.165) is 0 Å². The van der Waals surface area contributed by atoms with E-state index in [1.54, 1.807) is 0 Å². The zero-order valence-electron chi connectivity index (χ0n) is 2.46. The molecule has 34 valence electrons. The third-order valence-electron chi connectivity index (χ3n) is 0.0745. The van der Waals surface area contributed by atoms with Gasteiger partial charge in [0.1, 0.15) is 6.29 Å². The fourth-order valence-corrected chi connectivity index (χ4v) is 0. The molecule has 0 aromatic rings. The van der Waals surface area contributed by atoms with Gasteiger partial charge in [0.25, 0.3) is 0 Å². The van der Waals surface area contributed by atoms with Gasteiger partial charge in [-0.25, -0.2) is 0 Å². The van der Waals surface area contributed by atoms with Crippen molar-refractivity contribution in [3.8, 4) is 0 Å². The van der Waals surface area contributed by atoms with E-state index >= 15 is 0 Å². The van der Waals surface area contributed by atoms with Crippen LogP contribution in [0.4, 0.5) is 0 Å². The average Bonchev–Trinajstić information content (AvgIpc) is 1.37. The summed E-state index contributed by atoms with van der Waals surface area (Å²) in [5, 5.41) is 7.51. The maximum absolute atomic E-state index is 8.92. The second-order valence-corrected chi connectivity index (χ2v) is 0.349. The molecular weight excluding hydrogens is 115 g/mol. The zero-order chi connectivity index (χ0) is 3.41. The summed E-state index contributed by atoms with van der Waals surface area (Å²) in [5.74, 6) is 0. The summed E-state index contributed by atoms with van der Waals surface area (Å²) in [6, 6.07) is 0. The summed E-state index contributed by atoms with van der Waals surface area (Å²) in [6.45, 7) is -0.361. The Morgan fingerprint density at radius 1 is 1.80 bits per heavy atom. The second-order valence-electron chi connectivity index (χ2n) is 0.349. The van der Waals surface area contributed by atoms with Crippen LogP contribution >= 0.6 is 0 Å². The first kappa shape index (κ1) is 8.93. The van der Waals surface area contributed by atoms with Gasteiger partial charge in [-0.1, -0.05) is 0 Å². The Labute approximate surface area is 40.1 Å². The van der Waals surface area contributed by atoms with E-state index < -0.39 is 0 Å². The van der Waals surface area contributed by atoms with Crippen molar-refractivity contribution in [1.29, 1.82) is 0 Å². The van der Waals surface area contributed by atoms with Crippen molar-refractivity contribution in [2.24, 2.45) is 0 Å². The minimum absolute atomic E-state index is 0. The molecule has 0 radical (unpaired) electrons. The summed E-state index contributed by atoms with van der Waals surface area (Å²) in [5.41, 5.74) is 0. The van der Waals surface area contributed by atoms with Crippen molar-refractivity contribution in [3.05, 3.63) is 0 Å². The molecule has 0 amide bonds. The third-order valence-corrected chi connectivity index (χ3v) is 0.0745. The average molecular weight is 119 g/mol. The molecule has 0 aliphatic rings. The molecule has 3 heteroatoms. The Balaban J connectivity index is 0. The molecule has 0 bridgehead atoms. The Bertz CT molecular complexity index is 21.6. The van der Waals surface area contributed by atoms with Gasteiger partial charge in [0.15, 0.2) is 0 Å².